The molecule has 178 valence electrons. The lowest BCUT2D eigenvalue weighted by Gasteiger charge is -2.39. The Kier molecular flexibility index (Phi) is 6.32. The molecule has 2 atom stereocenters. The first-order valence-electron chi connectivity index (χ1n) is 12.2. The zero-order valence-electron chi connectivity index (χ0n) is 20.4. The Balaban J connectivity index is 1.63. The number of aromatic nitrogens is 4. The van der Waals surface area contributed by atoms with E-state index in [-0.39, 0.29) is 6.04 Å². The number of benzene rings is 2. The molecule has 3 aromatic rings. The van der Waals surface area contributed by atoms with Gasteiger partial charge >= 0.3 is 0 Å². The number of rotatable bonds is 7. The molecule has 0 unspecified atom stereocenters. The molecule has 0 saturated carbocycles. The highest BCUT2D eigenvalue weighted by atomic mass is 16.5. The van der Waals surface area contributed by atoms with Crippen molar-refractivity contribution in [3.05, 3.63) is 53.1 Å². The minimum Gasteiger partial charge on any atom is -0.490 e. The number of likely N-dealkylation sites (N-methyl/N-ethyl adjacent to an activating group) is 1. The fourth-order valence-electron chi connectivity index (χ4n) is 4.95. The molecule has 8 heteroatoms. The van der Waals surface area contributed by atoms with Gasteiger partial charge in [-0.1, -0.05) is 18.2 Å². The molecule has 0 bridgehead atoms. The quantitative estimate of drug-likeness (QED) is 0.534. The van der Waals surface area contributed by atoms with Crippen LogP contribution in [-0.4, -0.2) is 70.2 Å². The van der Waals surface area contributed by atoms with Crippen molar-refractivity contribution in [1.29, 1.82) is 0 Å². The van der Waals surface area contributed by atoms with Gasteiger partial charge in [-0.15, -0.1) is 10.2 Å². The zero-order chi connectivity index (χ0) is 23.7. The molecule has 8 nitrogen and oxygen atoms in total. The van der Waals surface area contributed by atoms with E-state index in [0.29, 0.717) is 31.5 Å². The number of fused-ring (bicyclic) bond motifs is 3. The first-order valence-corrected chi connectivity index (χ1v) is 12.2. The van der Waals surface area contributed by atoms with Crippen LogP contribution in [0.2, 0.25) is 0 Å². The molecule has 2 aliphatic heterocycles. The van der Waals surface area contributed by atoms with Gasteiger partial charge in [0.1, 0.15) is 0 Å². The molecular formula is C26H32N6O2. The van der Waals surface area contributed by atoms with Crippen molar-refractivity contribution in [2.24, 2.45) is 4.99 Å². The first kappa shape index (κ1) is 22.5. The SMILES string of the molecule is CCOc1cc2c(cc1OCC)[C@H]1CN(C)CC[C@H]1N=C2c1cccc(-c2nnn(CC)n2)c1. The summed E-state index contributed by atoms with van der Waals surface area (Å²) in [4.78, 5) is 9.31. The maximum absolute atomic E-state index is 5.99. The van der Waals surface area contributed by atoms with Crippen LogP contribution in [0.25, 0.3) is 11.4 Å². The van der Waals surface area contributed by atoms with Gasteiger partial charge in [0.15, 0.2) is 11.5 Å². The van der Waals surface area contributed by atoms with Crippen LogP contribution in [0.1, 0.15) is 49.8 Å². The lowest BCUT2D eigenvalue weighted by molar-refractivity contribution is 0.226. The first-order chi connectivity index (χ1) is 16.6. The number of nitrogens with zero attached hydrogens (tertiary/aromatic N) is 6. The minimum atomic E-state index is 0.244. The summed E-state index contributed by atoms with van der Waals surface area (Å²) in [6, 6.07) is 12.8. The van der Waals surface area contributed by atoms with E-state index in [1.54, 1.807) is 4.80 Å². The number of aryl methyl sites for hydroxylation is 1. The molecule has 1 saturated heterocycles. The smallest absolute Gasteiger partial charge is 0.204 e. The number of piperidine rings is 1. The van der Waals surface area contributed by atoms with Crippen LogP contribution in [0, 0.1) is 0 Å². The van der Waals surface area contributed by atoms with Crippen LogP contribution in [0.5, 0.6) is 11.5 Å². The fourth-order valence-corrected chi connectivity index (χ4v) is 4.95. The number of ether oxygens (including phenoxy) is 2. The van der Waals surface area contributed by atoms with Crippen molar-refractivity contribution in [3.8, 4) is 22.9 Å². The summed E-state index contributed by atoms with van der Waals surface area (Å²) in [6.07, 6.45) is 1.04. The number of likely N-dealkylation sites (tertiary alicyclic amines) is 1. The fraction of sp³-hybridized carbons (Fsp3) is 0.462. The lowest BCUT2D eigenvalue weighted by Crippen LogP contribution is -2.41. The Morgan fingerprint density at radius 2 is 1.76 bits per heavy atom. The number of hydrogen-bond donors (Lipinski definition) is 0. The summed E-state index contributed by atoms with van der Waals surface area (Å²) in [6.45, 7) is 9.90. The van der Waals surface area contributed by atoms with Gasteiger partial charge in [-0.25, -0.2) is 0 Å². The number of hydrogen-bond acceptors (Lipinski definition) is 7. The minimum absolute atomic E-state index is 0.244. The number of aliphatic imine (C=N–C) groups is 1. The maximum Gasteiger partial charge on any atom is 0.204 e. The third kappa shape index (κ3) is 4.18. The number of tetrazole rings is 1. The normalized spacial score (nSPS) is 19.8. The van der Waals surface area contributed by atoms with Gasteiger partial charge in [0.05, 0.1) is 31.5 Å². The molecule has 2 aromatic carbocycles. The molecule has 0 amide bonds. The topological polar surface area (TPSA) is 77.7 Å². The molecule has 1 aromatic heterocycles. The Bertz CT molecular complexity index is 1200. The Hall–Kier alpha value is -3.26. The summed E-state index contributed by atoms with van der Waals surface area (Å²) >= 11 is 0. The van der Waals surface area contributed by atoms with Crippen molar-refractivity contribution in [2.75, 3.05) is 33.4 Å². The molecule has 34 heavy (non-hydrogen) atoms. The van der Waals surface area contributed by atoms with Crippen LogP contribution >= 0.6 is 0 Å². The van der Waals surface area contributed by atoms with Gasteiger partial charge in [-0.3, -0.25) is 4.99 Å². The summed E-state index contributed by atoms with van der Waals surface area (Å²) in [5.41, 5.74) is 5.38. The molecule has 0 N–H and O–H groups in total. The van der Waals surface area contributed by atoms with E-state index in [1.165, 1.54) is 5.56 Å². The molecule has 0 radical (unpaired) electrons. The van der Waals surface area contributed by atoms with Gasteiger partial charge < -0.3 is 14.4 Å². The van der Waals surface area contributed by atoms with E-state index >= 15 is 0 Å². The summed E-state index contributed by atoms with van der Waals surface area (Å²) in [5, 5.41) is 12.8. The van der Waals surface area contributed by atoms with E-state index in [2.05, 4.69) is 51.6 Å². The summed E-state index contributed by atoms with van der Waals surface area (Å²) in [5.74, 6) is 2.54. The zero-order valence-corrected chi connectivity index (χ0v) is 20.4. The second-order valence-corrected chi connectivity index (χ2v) is 8.84. The van der Waals surface area contributed by atoms with Crippen LogP contribution in [0.3, 0.4) is 0 Å². The Morgan fingerprint density at radius 3 is 2.50 bits per heavy atom. The standard InChI is InChI=1S/C26H32N6O2/c1-5-32-29-26(28-30-32)18-10-8-9-17(13-18)25-20-15-24(34-7-3)23(33-6-2)14-19(20)21-16-31(4)12-11-22(21)27-25/h8-10,13-15,21-22H,5-7,11-12,16H2,1-4H3/t21-,22-/m1/s1. The second kappa shape index (κ2) is 9.54. The van der Waals surface area contributed by atoms with Crippen LogP contribution in [0.4, 0.5) is 0 Å². The third-order valence-electron chi connectivity index (χ3n) is 6.57. The highest BCUT2D eigenvalue weighted by Gasteiger charge is 2.36. The van der Waals surface area contributed by atoms with E-state index in [0.717, 1.165) is 53.4 Å². The largest absolute Gasteiger partial charge is 0.490 e. The van der Waals surface area contributed by atoms with E-state index in [4.69, 9.17) is 14.5 Å². The average Bonchev–Trinajstić information content (AvgIpc) is 3.34. The van der Waals surface area contributed by atoms with E-state index < -0.39 is 0 Å². The van der Waals surface area contributed by atoms with E-state index in [9.17, 15) is 0 Å². The lowest BCUT2D eigenvalue weighted by atomic mass is 9.79. The van der Waals surface area contributed by atoms with Crippen molar-refractivity contribution in [3.63, 3.8) is 0 Å². The molecule has 0 spiro atoms. The summed E-state index contributed by atoms with van der Waals surface area (Å²) in [7, 11) is 2.19. The molecular weight excluding hydrogens is 428 g/mol. The van der Waals surface area contributed by atoms with Gasteiger partial charge in [-0.2, -0.15) is 4.80 Å². The maximum atomic E-state index is 5.99. The monoisotopic (exact) mass is 460 g/mol. The second-order valence-electron chi connectivity index (χ2n) is 8.84. The molecule has 0 aliphatic carbocycles. The van der Waals surface area contributed by atoms with Crippen molar-refractivity contribution >= 4 is 5.71 Å². The highest BCUT2D eigenvalue weighted by molar-refractivity contribution is 6.15. The van der Waals surface area contributed by atoms with Crippen LogP contribution in [-0.2, 0) is 6.54 Å². The van der Waals surface area contributed by atoms with E-state index in [1.807, 2.05) is 32.9 Å². The Labute approximate surface area is 200 Å². The predicted octanol–water partition coefficient (Wildman–Crippen LogP) is 3.80. The molecule has 2 aliphatic rings. The third-order valence-corrected chi connectivity index (χ3v) is 6.57. The predicted molar refractivity (Wildman–Crippen MR) is 132 cm³/mol. The van der Waals surface area contributed by atoms with Crippen LogP contribution in [0.15, 0.2) is 41.4 Å². The van der Waals surface area contributed by atoms with Gasteiger partial charge in [-0.05, 0) is 69.8 Å². The van der Waals surface area contributed by atoms with Gasteiger partial charge in [0.2, 0.25) is 5.82 Å². The van der Waals surface area contributed by atoms with Gasteiger partial charge in [0, 0.05) is 29.2 Å². The van der Waals surface area contributed by atoms with Crippen molar-refractivity contribution < 1.29 is 9.47 Å². The Morgan fingerprint density at radius 1 is 1.00 bits per heavy atom. The van der Waals surface area contributed by atoms with Crippen LogP contribution < -0.4 is 9.47 Å². The van der Waals surface area contributed by atoms with Crippen molar-refractivity contribution in [1.82, 2.24) is 25.1 Å². The molecule has 1 fully saturated rings. The molecule has 3 heterocycles. The molecule has 5 rings (SSSR count). The average molecular weight is 461 g/mol. The summed E-state index contributed by atoms with van der Waals surface area (Å²) < 4.78 is 12.0. The highest BCUT2D eigenvalue weighted by Crippen LogP contribution is 2.42. The van der Waals surface area contributed by atoms with Gasteiger partial charge in [0.25, 0.3) is 0 Å². The van der Waals surface area contributed by atoms with Crippen molar-refractivity contribution in [2.45, 2.75) is 45.7 Å².